The topological polar surface area (TPSA) is 101 Å². The van der Waals surface area contributed by atoms with E-state index in [0.29, 0.717) is 12.0 Å². The Labute approximate surface area is 638 Å². The summed E-state index contributed by atoms with van der Waals surface area (Å²) in [5.41, 5.74) is 22.1. The molecule has 8 nitrogen and oxygen atoms in total. The molecular formula is C103H43N5O3Zn. The Morgan fingerprint density at radius 2 is 0.893 bits per heavy atom. The first-order valence-corrected chi connectivity index (χ1v) is 40.7. The van der Waals surface area contributed by atoms with Crippen molar-refractivity contribution in [1.82, 2.24) is 24.8 Å². The number of methoxy groups -OCH3 is 1. The summed E-state index contributed by atoms with van der Waals surface area (Å²) in [6, 6.07) is 16.5. The monoisotopic (exact) mass is 1460 g/mol. The van der Waals surface area contributed by atoms with E-state index in [0.717, 1.165) is 96.8 Å². The molecule has 2 spiro atoms. The van der Waals surface area contributed by atoms with Crippen LogP contribution < -0.4 is 9.97 Å². The summed E-state index contributed by atoms with van der Waals surface area (Å²) in [6.07, 6.45) is 6.46. The van der Waals surface area contributed by atoms with Gasteiger partial charge in [-0.15, -0.1) is 22.1 Å². The zero-order chi connectivity index (χ0) is 70.2. The van der Waals surface area contributed by atoms with Crippen LogP contribution in [0, 0.1) is 13.8 Å². The predicted octanol–water partition coefficient (Wildman–Crippen LogP) is 24.6. The molecule has 8 bridgehead atoms. The molecule has 3 aromatic heterocycles. The number of ether oxygens (including phenoxy) is 1. The molecule has 0 saturated carbocycles. The first-order chi connectivity index (χ1) is 54.5. The van der Waals surface area contributed by atoms with Crippen LogP contribution >= 0.6 is 0 Å². The molecule has 5 aliphatic carbocycles. The van der Waals surface area contributed by atoms with Crippen molar-refractivity contribution >= 4 is 348 Å². The minimum Gasteiger partial charge on any atom is -0.657 e. The molecule has 0 amide bonds. The van der Waals surface area contributed by atoms with E-state index in [2.05, 4.69) is 94.3 Å². The first kappa shape index (κ1) is 52.2. The van der Waals surface area contributed by atoms with Crippen molar-refractivity contribution in [3.8, 4) is 0 Å². The van der Waals surface area contributed by atoms with Crippen LogP contribution in [0.1, 0.15) is 147 Å². The van der Waals surface area contributed by atoms with E-state index < -0.39 is 5.41 Å². The Balaban J connectivity index is 0.00000569. The van der Waals surface area contributed by atoms with Crippen molar-refractivity contribution in [1.29, 1.82) is 0 Å². The number of fused-ring (bicyclic) bond motifs is 8. The third kappa shape index (κ3) is 3.75. The van der Waals surface area contributed by atoms with E-state index >= 15 is 0 Å². The fourth-order valence-electron chi connectivity index (χ4n) is 33.1. The third-order valence-corrected chi connectivity index (χ3v) is 35.5. The quantitative estimate of drug-likeness (QED) is 0.0884. The van der Waals surface area contributed by atoms with Crippen LogP contribution in [-0.4, -0.2) is 47.3 Å². The van der Waals surface area contributed by atoms with Crippen molar-refractivity contribution in [3.63, 3.8) is 0 Å². The molecule has 1 fully saturated rings. The zero-order valence-electron chi connectivity index (χ0n) is 61.1. The summed E-state index contributed by atoms with van der Waals surface area (Å²) in [5, 5.41) is 88.2. The van der Waals surface area contributed by atoms with E-state index in [4.69, 9.17) is 24.7 Å². The predicted molar refractivity (Wildman–Crippen MR) is 456 cm³/mol. The maximum absolute atomic E-state index is 14.2. The molecule has 1 saturated heterocycles. The number of esters is 1. The number of ketones is 1. The number of hydrogen-bond acceptors (Lipinski definition) is 6. The Kier molecular flexibility index (Phi) is 6.46. The number of aromatic nitrogens is 4. The van der Waals surface area contributed by atoms with Gasteiger partial charge in [-0.2, -0.15) is 0 Å². The molecule has 1 unspecified atom stereocenters. The summed E-state index contributed by atoms with van der Waals surface area (Å²) in [6.45, 7) is 11.8. The second-order valence-corrected chi connectivity index (χ2v) is 37.8. The van der Waals surface area contributed by atoms with Gasteiger partial charge >= 0.3 is 25.4 Å². The van der Waals surface area contributed by atoms with Crippen LogP contribution in [0.4, 0.5) is 0 Å². The number of nitrogens with zero attached hydrogens (tertiary/aromatic N) is 5. The van der Waals surface area contributed by atoms with Crippen LogP contribution in [0.5, 0.6) is 0 Å². The smallest absolute Gasteiger partial charge is 0.657 e. The van der Waals surface area contributed by atoms with Gasteiger partial charge in [0.2, 0.25) is 0 Å². The number of hydrogen-bond donors (Lipinski definition) is 0. The second-order valence-electron chi connectivity index (χ2n) is 37.8. The average molecular weight is 1460 g/mol. The molecule has 0 N–H and O–H groups in total. The van der Waals surface area contributed by atoms with E-state index in [-0.39, 0.29) is 67.4 Å². The SMILES string of the molecule is CCC1=C(C)c2cc3[n-]c(cc4nc(c5c6[n-]c(cc1n2)c(C)c6C(=O)C5)[C@@H](CCC(=O)OC)[C@@H]4C)c(C)c3/C=C/c1ccc(C2N(C)CC34c5c6c7c8c9c%10c(c%11c%12c3c3c5c5c%13c6c6c7c7c9c9c%14c%10c%10c%11c%11c%12c%12c3c3c5c5c%13c%13c6c6c7c9c7c9c%14c%10c%10c%11c%11c%12c3c3c5c5c%13c6c7c6c9c%10c%11c3c56)C824)cc1.[Zn+2]. The van der Waals surface area contributed by atoms with Gasteiger partial charge < -0.3 is 14.7 Å². The summed E-state index contributed by atoms with van der Waals surface area (Å²) < 4.78 is 5.22. The van der Waals surface area contributed by atoms with Gasteiger partial charge in [0.15, 0.2) is 5.78 Å². The van der Waals surface area contributed by atoms with E-state index in [1.165, 1.54) is 12.7 Å². The van der Waals surface area contributed by atoms with Crippen molar-refractivity contribution in [2.45, 2.75) is 89.0 Å². The summed E-state index contributed by atoms with van der Waals surface area (Å²) in [7, 11) is 4.02. The van der Waals surface area contributed by atoms with Gasteiger partial charge in [0.1, 0.15) is 0 Å². The molecule has 0 radical (unpaired) electrons. The molecule has 3 aliphatic heterocycles. The number of rotatable bonds is 7. The molecule has 9 heteroatoms. The van der Waals surface area contributed by atoms with Gasteiger partial charge in [-0.25, -0.2) is 4.98 Å². The summed E-state index contributed by atoms with van der Waals surface area (Å²) in [4.78, 5) is 51.8. The van der Waals surface area contributed by atoms with Crippen molar-refractivity contribution < 1.29 is 33.8 Å². The number of carbonyl (C=O) groups excluding carboxylic acids is 2. The zero-order valence-corrected chi connectivity index (χ0v) is 64.1. The number of Topliss-reactive ketones (excluding diaryl/α,β-unsaturated/α-hetero) is 1. The summed E-state index contributed by atoms with van der Waals surface area (Å²) in [5.74, 6) is -0.375. The maximum atomic E-state index is 14.2. The second kappa shape index (κ2) is 13.9. The number of benzene rings is 19. The van der Waals surface area contributed by atoms with Crippen molar-refractivity contribution in [3.05, 3.63) is 126 Å². The van der Waals surface area contributed by atoms with Crippen LogP contribution in [0.3, 0.4) is 0 Å². The molecule has 32 aromatic rings. The minimum atomic E-state index is -0.460. The van der Waals surface area contributed by atoms with Crippen LogP contribution in [0.2, 0.25) is 0 Å². The molecule has 29 aromatic carbocycles. The third-order valence-electron chi connectivity index (χ3n) is 35.5. The van der Waals surface area contributed by atoms with Gasteiger partial charge in [0.25, 0.3) is 0 Å². The Morgan fingerprint density at radius 1 is 0.500 bits per heavy atom. The Morgan fingerprint density at radius 3 is 1.30 bits per heavy atom. The van der Waals surface area contributed by atoms with Crippen LogP contribution in [-0.2, 0) is 46.3 Å². The molecule has 40 rings (SSSR count). The van der Waals surface area contributed by atoms with E-state index in [1.807, 2.05) is 6.92 Å². The molecule has 3 atom stereocenters. The van der Waals surface area contributed by atoms with Crippen LogP contribution in [0.25, 0.3) is 336 Å². The summed E-state index contributed by atoms with van der Waals surface area (Å²) >= 11 is 0. The number of likely N-dealkylation sites (N-methyl/N-ethyl adjacent to an activating group) is 1. The minimum absolute atomic E-state index is 0. The number of likely N-dealkylation sites (tertiary alicyclic amines) is 1. The normalized spacial score (nSPS) is 21.8. The average Bonchev–Trinajstić information content (AvgIpc) is 1.38. The molecule has 500 valence electrons. The number of aryl methyl sites for hydroxylation is 2. The van der Waals surface area contributed by atoms with Gasteiger partial charge in [-0.3, -0.25) is 19.5 Å². The van der Waals surface area contributed by atoms with Crippen LogP contribution in [0.15, 0.2) is 42.5 Å². The van der Waals surface area contributed by atoms with Gasteiger partial charge in [0.05, 0.1) is 29.3 Å². The molecular weight excluding hydrogens is 1420 g/mol. The standard InChI is InChI=1S/C103H44N5O3.Zn/c1-8-28-22(2)33-19-37-29(23(3)32(105-37)18-34-24(4)30(15-16-39(110)111-7)99(106-34)31-17-38(109)40-25(5)35(107-100(31)40)20-36(28)104-33)14-11-26-9-12-27(13-10-26)101-103-97-91-85-75-63-55-47-43-41-42-45-49(47)57(63)67-61-53(45)54-46(42)50-48-44(41)52-51(43)59-65(55)73-79-69(59)70-60(52)66-56(48)64-58(50)68-62(54)72-71(61)83(77(67)85)93(97)94-84(72)78(68)86-76(64)82-74(66)80(70)88-87(79)95(89(91)81(73)75)102(103,21-108(101)6)96(88)90(82)92(86)98(94)103;/h9-14,18-20,24,30,101H,8,15-17,21H2,1-7H3,(H-,104,105,106,107,109);/q-1;+2/p-1/b14-11+;/t24-,30-,101?,102?,103?;/m0./s1. The maximum Gasteiger partial charge on any atom is 2.00 e. The largest absolute Gasteiger partial charge is 2.00 e. The Hall–Kier alpha value is -12.0. The molecule has 8 aliphatic rings. The first-order valence-electron chi connectivity index (χ1n) is 40.7. The molecule has 6 heterocycles. The van der Waals surface area contributed by atoms with E-state index in [1.54, 1.807) is 313 Å². The fourth-order valence-corrected chi connectivity index (χ4v) is 33.1. The Bertz CT molecular complexity index is 10100. The number of carbonyl (C=O) groups is 2. The number of allylic oxidation sites excluding steroid dienone is 2. The van der Waals surface area contributed by atoms with Gasteiger partial charge in [-0.05, 0) is 387 Å². The fraction of sp³-hybridized carbons (Fsp3) is 0.165. The molecule has 112 heavy (non-hydrogen) atoms. The van der Waals surface area contributed by atoms with E-state index in [9.17, 15) is 9.59 Å². The van der Waals surface area contributed by atoms with Gasteiger partial charge in [-0.1, -0.05) is 79.6 Å². The van der Waals surface area contributed by atoms with Crippen molar-refractivity contribution in [2.24, 2.45) is 0 Å². The van der Waals surface area contributed by atoms with Crippen molar-refractivity contribution in [2.75, 3.05) is 20.7 Å². The van der Waals surface area contributed by atoms with Gasteiger partial charge in [0, 0.05) is 54.2 Å².